The Kier molecular flexibility index (Phi) is 7.36. The van der Waals surface area contributed by atoms with Gasteiger partial charge in [0.2, 0.25) is 0 Å². The van der Waals surface area contributed by atoms with Crippen LogP contribution in [0.25, 0.3) is 12.2 Å². The number of rotatable bonds is 3. The van der Waals surface area contributed by atoms with E-state index in [-0.39, 0.29) is 24.8 Å². The first-order chi connectivity index (χ1) is 11.5. The minimum atomic E-state index is -1.66. The third-order valence-corrected chi connectivity index (χ3v) is 26.9. The smallest absolute Gasteiger partial charge is 1.00 e. The van der Waals surface area contributed by atoms with Gasteiger partial charge in [0.1, 0.15) is 0 Å². The van der Waals surface area contributed by atoms with Gasteiger partial charge in [-0.3, -0.25) is 0 Å². The van der Waals surface area contributed by atoms with E-state index in [9.17, 15) is 0 Å². The minimum Gasteiger partial charge on any atom is -1.00 e. The Morgan fingerprint density at radius 3 is 1.54 bits per heavy atom. The normalized spacial score (nSPS) is 19.0. The fourth-order valence-electron chi connectivity index (χ4n) is 4.34. The predicted octanol–water partition coefficient (Wildman–Crippen LogP) is -0.251. The largest absolute Gasteiger partial charge is 1.00 e. The second-order valence-electron chi connectivity index (χ2n) is 7.59. The Hall–Kier alpha value is -0.400. The van der Waals surface area contributed by atoms with Crippen molar-refractivity contribution in [1.82, 2.24) is 0 Å². The summed E-state index contributed by atoms with van der Waals surface area (Å²) in [4.78, 5) is 0. The van der Waals surface area contributed by atoms with Crippen LogP contribution in [-0.4, -0.2) is 5.92 Å². The third kappa shape index (κ3) is 3.90. The molecule has 0 N–H and O–H groups in total. The molecule has 0 heterocycles. The summed E-state index contributed by atoms with van der Waals surface area (Å²) in [6.07, 6.45) is 9.93. The zero-order valence-corrected chi connectivity index (χ0v) is 20.9. The first kappa shape index (κ1) is 21.9. The number of benzene rings is 2. The van der Waals surface area contributed by atoms with Gasteiger partial charge in [-0.2, -0.15) is 0 Å². The summed E-state index contributed by atoms with van der Waals surface area (Å²) in [7, 11) is 0. The zero-order chi connectivity index (χ0) is 16.8. The summed E-state index contributed by atoms with van der Waals surface area (Å²) in [5.41, 5.74) is 8.99. The minimum absolute atomic E-state index is 0. The van der Waals surface area contributed by atoms with Gasteiger partial charge in [-0.05, 0) is 0 Å². The summed E-state index contributed by atoms with van der Waals surface area (Å²) in [5.74, 6) is -0.640. The molecule has 2 aliphatic rings. The first-order valence-electron chi connectivity index (χ1n) is 8.98. The number of halogens is 2. The van der Waals surface area contributed by atoms with Crippen molar-refractivity contribution in [3.63, 3.8) is 0 Å². The van der Waals surface area contributed by atoms with Crippen LogP contribution in [-0.2, 0) is 20.9 Å². The molecule has 0 aromatic heterocycles. The van der Waals surface area contributed by atoms with E-state index in [1.165, 1.54) is 22.3 Å². The van der Waals surface area contributed by atoms with Gasteiger partial charge in [-0.1, -0.05) is 0 Å². The van der Waals surface area contributed by atoms with Crippen molar-refractivity contribution in [2.45, 2.75) is 34.2 Å². The van der Waals surface area contributed by atoms with Crippen LogP contribution in [0, 0.1) is 13.8 Å². The number of aryl methyl sites for hydroxylation is 2. The summed E-state index contributed by atoms with van der Waals surface area (Å²) >= 11 is -1.66. The molecule has 2 aliphatic carbocycles. The van der Waals surface area contributed by atoms with E-state index < -0.39 is 26.8 Å². The van der Waals surface area contributed by atoms with E-state index in [2.05, 4.69) is 87.6 Å². The van der Waals surface area contributed by atoms with Crippen molar-refractivity contribution in [2.24, 2.45) is 0 Å². The molecule has 2 unspecified atom stereocenters. The van der Waals surface area contributed by atoms with E-state index >= 15 is 0 Å². The maximum Gasteiger partial charge on any atom is -1.00 e. The maximum absolute atomic E-state index is 2.61. The first-order valence-corrected chi connectivity index (χ1v) is 19.0. The molecule has 0 aliphatic heterocycles. The van der Waals surface area contributed by atoms with Gasteiger partial charge < -0.3 is 24.8 Å². The van der Waals surface area contributed by atoms with Gasteiger partial charge in [-0.25, -0.2) is 0 Å². The van der Waals surface area contributed by atoms with Gasteiger partial charge >= 0.3 is 155 Å². The number of hydrogen-bond acceptors (Lipinski definition) is 0. The van der Waals surface area contributed by atoms with Crippen LogP contribution in [0.2, 0.25) is 13.1 Å². The predicted molar refractivity (Wildman–Crippen MR) is 105 cm³/mol. The Labute approximate surface area is 178 Å². The molecular weight excluding hydrogens is 454 g/mol. The van der Waals surface area contributed by atoms with Crippen LogP contribution >= 0.6 is 0 Å². The molecule has 26 heavy (non-hydrogen) atoms. The molecule has 135 valence electrons. The summed E-state index contributed by atoms with van der Waals surface area (Å²) < 4.78 is 1.55. The standard InChI is InChI=1S/2C10H9.C2H7Si.2ClH.Zr/c2*1-8-5-6-9-3-2-4-10(9)7-8;1-3-2;;;/h2*2-7H,1H3;3H,1-2H3;2*1H;/q;;;;;+2/p-2. The molecule has 4 rings (SSSR count). The average Bonchev–Trinajstić information content (AvgIpc) is 3.12. The molecule has 0 amide bonds. The molecule has 0 spiro atoms. The fraction of sp³-hybridized carbons (Fsp3) is 0.273. The fourth-order valence-corrected chi connectivity index (χ4v) is 25.4. The summed E-state index contributed by atoms with van der Waals surface area (Å²) in [6.45, 7) is 9.62. The second-order valence-corrected chi connectivity index (χ2v) is 27.9. The van der Waals surface area contributed by atoms with E-state index in [0.717, 1.165) is 7.25 Å². The molecule has 0 nitrogen and oxygen atoms in total. The monoisotopic (exact) mass is 477 g/mol. The molecule has 0 radical (unpaired) electrons. The van der Waals surface area contributed by atoms with E-state index in [0.29, 0.717) is 0 Å². The molecule has 0 fully saturated rings. The molecule has 4 heteroatoms. The van der Waals surface area contributed by atoms with Crippen molar-refractivity contribution in [1.29, 1.82) is 0 Å². The summed E-state index contributed by atoms with van der Waals surface area (Å²) in [5, 5.41) is 0. The van der Waals surface area contributed by atoms with Crippen LogP contribution in [0.5, 0.6) is 0 Å². The van der Waals surface area contributed by atoms with Gasteiger partial charge in [-0.15, -0.1) is 0 Å². The van der Waals surface area contributed by atoms with Crippen LogP contribution in [0.1, 0.15) is 40.6 Å². The molecule has 0 saturated heterocycles. The van der Waals surface area contributed by atoms with Gasteiger partial charge in [0.15, 0.2) is 0 Å². The Morgan fingerprint density at radius 2 is 1.15 bits per heavy atom. The maximum atomic E-state index is 2.61. The number of hydrogen-bond donors (Lipinski definition) is 0. The average molecular weight is 480 g/mol. The van der Waals surface area contributed by atoms with Crippen LogP contribution < -0.4 is 24.8 Å². The molecular formula is C22H25Cl2SiZr. The van der Waals surface area contributed by atoms with E-state index in [4.69, 9.17) is 0 Å². The zero-order valence-electron chi connectivity index (χ0n) is 15.8. The van der Waals surface area contributed by atoms with Gasteiger partial charge in [0, 0.05) is 0 Å². The van der Waals surface area contributed by atoms with Gasteiger partial charge in [0.05, 0.1) is 0 Å². The summed E-state index contributed by atoms with van der Waals surface area (Å²) in [6, 6.07) is 14.2. The number of allylic oxidation sites excluding steroid dienone is 2. The third-order valence-electron chi connectivity index (χ3n) is 5.48. The van der Waals surface area contributed by atoms with E-state index in [1.54, 1.807) is 11.1 Å². The van der Waals surface area contributed by atoms with Crippen molar-refractivity contribution in [3.8, 4) is 0 Å². The SMILES string of the molecule is Cc1ccc2c(c1)C=C[CH]2[Zr+2]([CH]1C=Cc2cc(C)ccc21)[SiH](C)C.[Cl-].[Cl-]. The van der Waals surface area contributed by atoms with Gasteiger partial charge in [0.25, 0.3) is 0 Å². The van der Waals surface area contributed by atoms with Crippen molar-refractivity contribution in [3.05, 3.63) is 81.9 Å². The topological polar surface area (TPSA) is 0 Å². The van der Waals surface area contributed by atoms with E-state index in [1.807, 2.05) is 0 Å². The quantitative estimate of drug-likeness (QED) is 0.533. The molecule has 0 bridgehead atoms. The van der Waals surface area contributed by atoms with Crippen LogP contribution in [0.3, 0.4) is 0 Å². The van der Waals surface area contributed by atoms with Crippen LogP contribution in [0.15, 0.2) is 48.6 Å². The molecule has 2 aromatic carbocycles. The van der Waals surface area contributed by atoms with Crippen LogP contribution in [0.4, 0.5) is 0 Å². The van der Waals surface area contributed by atoms with Crippen molar-refractivity contribution in [2.75, 3.05) is 0 Å². The second kappa shape index (κ2) is 8.74. The molecule has 2 atom stereocenters. The van der Waals surface area contributed by atoms with Crippen molar-refractivity contribution < 1.29 is 45.7 Å². The molecule has 0 saturated carbocycles. The number of fused-ring (bicyclic) bond motifs is 2. The van der Waals surface area contributed by atoms with Crippen molar-refractivity contribution >= 4 is 18.1 Å². The molecule has 2 aromatic rings. The Morgan fingerprint density at radius 1 is 0.731 bits per heavy atom. The Bertz CT molecular complexity index is 790. The Balaban J connectivity index is 0.00000121.